The monoisotopic (exact) mass is 1940 g/mol. The SMILES string of the molecule is CC(C)(C)c1nc(CON=Cc2ccn3c(-c4cccc(CC(=O)CCC(F)(F)F)c4)cnc3c2)no1.Cc1cc(CON=Cc2ccn3c(-c4cccc(CC(=O)CCC(F)(F)F)c4)cnc3c2)no1.Cc1nc(CON=Cc2ccn3c(-c4cccc(CC(=O)CCC(F)(F)F)c4)cnc3c2)cs1.N.O=C(CCC(F)(F)F)Cc1cccc(-c2cnc3cc(C=NOCc4ccco4)ccn23)c1. The Balaban J connectivity index is 0.000000166. The minimum atomic E-state index is -4.34. The molecule has 28 nitrogen and oxygen atoms in total. The number of aromatic nitrogens is 12. The number of Topliss-reactive ketones (excluding diaryl/α,β-unsaturated/α-hetero) is 4. The Morgan fingerprint density at radius 2 is 0.734 bits per heavy atom. The zero-order chi connectivity index (χ0) is 98.2. The number of carbonyl (C=O) groups is 4. The van der Waals surface area contributed by atoms with Gasteiger partial charge in [-0.15, -0.1) is 11.3 Å². The quantitative estimate of drug-likeness (QED) is 0.0216. The van der Waals surface area contributed by atoms with Gasteiger partial charge in [-0.3, -0.25) is 36.8 Å². The maximum absolute atomic E-state index is 12.4. The van der Waals surface area contributed by atoms with Crippen LogP contribution in [0.1, 0.15) is 156 Å². The zero-order valence-electron chi connectivity index (χ0n) is 75.3. The van der Waals surface area contributed by atoms with Crippen LogP contribution in [0.2, 0.25) is 0 Å². The number of furan rings is 1. The van der Waals surface area contributed by atoms with Crippen molar-refractivity contribution < 1.29 is 105 Å². The van der Waals surface area contributed by atoms with E-state index in [1.165, 1.54) is 0 Å². The van der Waals surface area contributed by atoms with Crippen LogP contribution in [0, 0.1) is 13.8 Å². The number of pyridine rings is 4. The number of carbonyl (C=O) groups excluding carboxylic acids is 4. The lowest BCUT2D eigenvalue weighted by Crippen LogP contribution is -2.12. The van der Waals surface area contributed by atoms with E-state index in [1.54, 1.807) is 165 Å². The first-order chi connectivity index (χ1) is 65.9. The number of oxime groups is 4. The van der Waals surface area contributed by atoms with Crippen LogP contribution in [0.25, 0.3) is 67.6 Å². The lowest BCUT2D eigenvalue weighted by molar-refractivity contribution is -0.143. The van der Waals surface area contributed by atoms with Gasteiger partial charge in [-0.2, -0.15) is 57.7 Å². The summed E-state index contributed by atoms with van der Waals surface area (Å²) >= 11 is 1.56. The largest absolute Gasteiger partial charge is 0.466 e. The molecule has 139 heavy (non-hydrogen) atoms. The number of thiazole rings is 1. The molecule has 12 aromatic heterocycles. The molecule has 0 atom stereocenters. The fraction of sp³-hybridized carbons (Fsp3) is 0.265. The smallest absolute Gasteiger partial charge is 0.389 e. The van der Waals surface area contributed by atoms with E-state index in [1.807, 2.05) is 148 Å². The summed E-state index contributed by atoms with van der Waals surface area (Å²) in [6, 6.07) is 48.8. The molecule has 0 aliphatic rings. The van der Waals surface area contributed by atoms with Crippen LogP contribution in [0.5, 0.6) is 0 Å². The molecule has 16 rings (SSSR count). The summed E-state index contributed by atoms with van der Waals surface area (Å²) in [5.41, 5.74) is 16.1. The molecule has 0 radical (unpaired) electrons. The number of alkyl halides is 12. The number of aryl methyl sites for hydroxylation is 2. The second kappa shape index (κ2) is 46.9. The summed E-state index contributed by atoms with van der Waals surface area (Å²) in [5.74, 6) is 0.509. The Morgan fingerprint density at radius 1 is 0.396 bits per heavy atom. The predicted octanol–water partition coefficient (Wildman–Crippen LogP) is 22.5. The lowest BCUT2D eigenvalue weighted by atomic mass is 9.97. The Morgan fingerprint density at radius 3 is 1.03 bits per heavy atom. The number of hydrogen-bond donors (Lipinski definition) is 1. The van der Waals surface area contributed by atoms with Gasteiger partial charge in [0.25, 0.3) is 0 Å². The normalized spacial score (nSPS) is 12.0. The highest BCUT2D eigenvalue weighted by Crippen LogP contribution is 2.32. The second-order valence-electron chi connectivity index (χ2n) is 32.6. The second-order valence-corrected chi connectivity index (χ2v) is 33.7. The summed E-state index contributed by atoms with van der Waals surface area (Å²) in [7, 11) is 0. The minimum Gasteiger partial charge on any atom is -0.466 e. The minimum absolute atomic E-state index is 0. The average molecular weight is 1940 g/mol. The number of halogens is 12. The van der Waals surface area contributed by atoms with Gasteiger partial charge in [-0.05, 0) is 121 Å². The van der Waals surface area contributed by atoms with Crippen LogP contribution in [-0.2, 0) is 96.1 Å². The molecule has 0 saturated carbocycles. The highest BCUT2D eigenvalue weighted by atomic mass is 32.1. The molecule has 0 saturated heterocycles. The highest BCUT2D eigenvalue weighted by Gasteiger charge is 2.32. The van der Waals surface area contributed by atoms with Gasteiger partial charge < -0.3 is 39.0 Å². The molecule has 0 aliphatic carbocycles. The van der Waals surface area contributed by atoms with Crippen molar-refractivity contribution in [1.82, 2.24) is 64.0 Å². The van der Waals surface area contributed by atoms with E-state index < -0.39 is 99.2 Å². The van der Waals surface area contributed by atoms with E-state index >= 15 is 0 Å². The standard InChI is InChI=1S/C26H26F3N5O3.C24H21F3N4O3.C24H21F3N4O2S.C24H20F3N3O3.H3N/c1-25(2,3)24-32-22(33-37-24)16-36-31-14-18-8-10-34-21(15-30-23(34)13-18)19-6-4-5-17(11-19)12-20(35)7-9-26(27,28)29;1-16-9-20(30-34-16)15-33-29-13-18-6-8-31-22(14-28-23(31)12-18)19-4-2-3-17(10-19)11-21(32)5-7-24(25,26)27;1-16-30-20(15-34-16)14-33-29-12-18-6-8-31-22(13-28-23(31)11-18)19-4-2-3-17(9-19)10-21(32)5-7-24(25,26)27;25-24(26,27)8-6-20(31)12-17-3-1-4-19(11-17)22-15-28-23-13-18(7-9-30(22)23)14-29-33-16-21-5-2-10-32-21;/h4-6,8,10-11,13-15H,7,9,12,16H2,1-3H3;2-4,6,8-10,12-14H,5,7,11,15H2,1H3;2-4,6,8-9,11-13,15H,5,7,10,14H2,1H3;1-5,7,9-11,13-15H,6,8,12,16H2;1H3. The number of nitrogens with zero attached hydrogens (tertiary/aromatic N) is 16. The maximum Gasteiger partial charge on any atom is 0.389 e. The summed E-state index contributed by atoms with van der Waals surface area (Å²) in [4.78, 5) is 95.2. The summed E-state index contributed by atoms with van der Waals surface area (Å²) < 4.78 is 171. The van der Waals surface area contributed by atoms with E-state index in [0.717, 1.165) is 78.0 Å². The first kappa shape index (κ1) is 103. The van der Waals surface area contributed by atoms with Crippen LogP contribution < -0.4 is 6.15 Å². The third-order valence-corrected chi connectivity index (χ3v) is 21.2. The molecule has 16 aromatic rings. The van der Waals surface area contributed by atoms with Crippen LogP contribution in [0.15, 0.2) is 259 Å². The number of ketones is 4. The topological polar surface area (TPSA) is 350 Å². The lowest BCUT2D eigenvalue weighted by Gasteiger charge is -2.10. The van der Waals surface area contributed by atoms with E-state index in [9.17, 15) is 71.9 Å². The third-order valence-electron chi connectivity index (χ3n) is 20.4. The number of fused-ring (bicyclic) bond motifs is 4. The predicted molar refractivity (Wildman–Crippen MR) is 493 cm³/mol. The third kappa shape index (κ3) is 31.8. The summed E-state index contributed by atoms with van der Waals surface area (Å²) in [6.07, 6.45) is -1.98. The molecule has 0 bridgehead atoms. The fourth-order valence-corrected chi connectivity index (χ4v) is 14.3. The van der Waals surface area contributed by atoms with Crippen molar-refractivity contribution in [1.29, 1.82) is 0 Å². The Bertz CT molecular complexity index is 6770. The first-order valence-electron chi connectivity index (χ1n) is 42.8. The van der Waals surface area contributed by atoms with Gasteiger partial charge >= 0.3 is 24.7 Å². The molecule has 0 fully saturated rings. The van der Waals surface area contributed by atoms with Gasteiger partial charge in [0.15, 0.2) is 26.4 Å². The van der Waals surface area contributed by atoms with Gasteiger partial charge in [-0.1, -0.05) is 125 Å². The van der Waals surface area contributed by atoms with Crippen LogP contribution in [0.3, 0.4) is 0 Å². The van der Waals surface area contributed by atoms with E-state index in [0.29, 0.717) is 80.4 Å². The van der Waals surface area contributed by atoms with Crippen molar-refractivity contribution >= 4 is 81.9 Å². The number of rotatable bonds is 36. The Labute approximate surface area is 789 Å². The summed E-state index contributed by atoms with van der Waals surface area (Å²) in [5, 5.41) is 26.4. The number of hydrogen-bond acceptors (Lipinski definition) is 25. The van der Waals surface area contributed by atoms with E-state index in [4.69, 9.17) is 32.8 Å². The maximum atomic E-state index is 12.4. The molecule has 0 aliphatic heterocycles. The molecule has 724 valence electrons. The van der Waals surface area contributed by atoms with E-state index in [2.05, 4.69) is 60.8 Å². The van der Waals surface area contributed by atoms with Crippen molar-refractivity contribution in [2.75, 3.05) is 0 Å². The molecule has 4 aromatic carbocycles. The molecular weight excluding hydrogens is 1850 g/mol. The molecule has 0 amide bonds. The van der Waals surface area contributed by atoms with Crippen LogP contribution in [-0.4, -0.2) is 131 Å². The van der Waals surface area contributed by atoms with Gasteiger partial charge in [-0.25, -0.2) is 24.9 Å². The van der Waals surface area contributed by atoms with Gasteiger partial charge in [0.1, 0.15) is 62.9 Å². The van der Waals surface area contributed by atoms with Crippen molar-refractivity contribution in [2.24, 2.45) is 20.6 Å². The van der Waals surface area contributed by atoms with Crippen molar-refractivity contribution in [2.45, 2.75) is 168 Å². The Kier molecular flexibility index (Phi) is 34.6. The van der Waals surface area contributed by atoms with Crippen molar-refractivity contribution in [3.63, 3.8) is 0 Å². The van der Waals surface area contributed by atoms with Crippen molar-refractivity contribution in [3.8, 4) is 45.0 Å². The first-order valence-corrected chi connectivity index (χ1v) is 43.7. The van der Waals surface area contributed by atoms with Gasteiger partial charge in [0, 0.05) is 138 Å². The average Bonchev–Trinajstić information content (AvgIpc) is 1.67. The molecule has 0 spiro atoms. The van der Waals surface area contributed by atoms with Crippen molar-refractivity contribution in [3.05, 3.63) is 309 Å². The number of imidazole rings is 4. The zero-order valence-corrected chi connectivity index (χ0v) is 76.1. The fourth-order valence-electron chi connectivity index (χ4n) is 13.7. The van der Waals surface area contributed by atoms with E-state index in [-0.39, 0.29) is 57.1 Å². The highest BCUT2D eigenvalue weighted by molar-refractivity contribution is 7.09. The Hall–Kier alpha value is -15.4. The molecule has 41 heteroatoms. The van der Waals surface area contributed by atoms with Gasteiger partial charge in [0.2, 0.25) is 11.7 Å². The number of benzene rings is 4. The van der Waals surface area contributed by atoms with Crippen LogP contribution in [0.4, 0.5) is 52.7 Å². The molecule has 3 N–H and O–H groups in total. The summed E-state index contributed by atoms with van der Waals surface area (Å²) in [6.45, 7) is 10.4. The molecule has 0 unspecified atom stereocenters. The molecule has 12 heterocycles. The van der Waals surface area contributed by atoms with Gasteiger partial charge in [0.05, 0.1) is 115 Å². The molecular formula is C98H91F12N17O11S. The van der Waals surface area contributed by atoms with Crippen LogP contribution >= 0.6 is 11.3 Å².